The van der Waals surface area contributed by atoms with Crippen molar-refractivity contribution in [2.24, 2.45) is 0 Å². The van der Waals surface area contributed by atoms with E-state index in [1.54, 1.807) is 0 Å². The molecule has 0 bridgehead atoms. The monoisotopic (exact) mass is 221 g/mol. The molecule has 0 aromatic heterocycles. The van der Waals surface area contributed by atoms with Gasteiger partial charge in [0.1, 0.15) is 0 Å². The Morgan fingerprint density at radius 2 is 2.00 bits per heavy atom. The molecule has 0 fully saturated rings. The summed E-state index contributed by atoms with van der Waals surface area (Å²) in [5, 5.41) is 3.54. The number of alkyl halides is 1. The van der Waals surface area contributed by atoms with Crippen LogP contribution in [0.4, 0.5) is 0 Å². The van der Waals surface area contributed by atoms with Gasteiger partial charge in [-0.15, -0.1) is 11.6 Å². The van der Waals surface area contributed by atoms with Gasteiger partial charge in [0.2, 0.25) is 0 Å². The molecule has 0 saturated heterocycles. The van der Waals surface area contributed by atoms with E-state index >= 15 is 0 Å². The van der Waals surface area contributed by atoms with E-state index in [9.17, 15) is 0 Å². The van der Waals surface area contributed by atoms with Crippen LogP contribution in [0.25, 0.3) is 0 Å². The number of halogens is 1. The fourth-order valence-corrected chi connectivity index (χ4v) is 1.43. The van der Waals surface area contributed by atoms with Crippen molar-refractivity contribution >= 4 is 11.6 Å². The van der Waals surface area contributed by atoms with Crippen LogP contribution in [0.5, 0.6) is 0 Å². The second kappa shape index (κ2) is 7.49. The fourth-order valence-electron chi connectivity index (χ4n) is 1.10. The predicted molar refractivity (Wildman–Crippen MR) is 63.1 cm³/mol. The molecule has 0 rings (SSSR count). The van der Waals surface area contributed by atoms with Crippen LogP contribution in [0.15, 0.2) is 0 Å². The Morgan fingerprint density at radius 1 is 1.36 bits per heavy atom. The Kier molecular flexibility index (Phi) is 7.61. The molecule has 0 spiro atoms. The molecule has 2 nitrogen and oxygen atoms in total. The molecule has 3 heteroatoms. The van der Waals surface area contributed by atoms with Gasteiger partial charge in [-0.2, -0.15) is 0 Å². The number of hydrogen-bond donors (Lipinski definition) is 1. The molecule has 86 valence electrons. The second-order valence-corrected chi connectivity index (χ2v) is 5.17. The quantitative estimate of drug-likeness (QED) is 0.527. The van der Waals surface area contributed by atoms with E-state index in [0.29, 0.717) is 0 Å². The van der Waals surface area contributed by atoms with Gasteiger partial charge in [-0.05, 0) is 27.2 Å². The van der Waals surface area contributed by atoms with Crippen LogP contribution in [0, 0.1) is 0 Å². The second-order valence-electron chi connectivity index (χ2n) is 4.55. The number of ether oxygens (including phenoxy) is 1. The summed E-state index contributed by atoms with van der Waals surface area (Å²) < 4.78 is 5.57. The first-order chi connectivity index (χ1) is 6.45. The molecule has 0 amide bonds. The maximum atomic E-state index is 6.05. The predicted octanol–water partition coefficient (Wildman–Crippen LogP) is 2.80. The highest BCUT2D eigenvalue weighted by Gasteiger charge is 2.09. The van der Waals surface area contributed by atoms with Crippen molar-refractivity contribution < 1.29 is 4.74 Å². The van der Waals surface area contributed by atoms with Crippen LogP contribution in [-0.4, -0.2) is 30.7 Å². The maximum absolute atomic E-state index is 6.05. The van der Waals surface area contributed by atoms with Crippen molar-refractivity contribution in [3.8, 4) is 0 Å². The molecule has 1 atom stereocenters. The normalized spacial score (nSPS) is 14.4. The van der Waals surface area contributed by atoms with Gasteiger partial charge in [0, 0.05) is 18.5 Å². The lowest BCUT2D eigenvalue weighted by molar-refractivity contribution is -0.000732. The van der Waals surface area contributed by atoms with Crippen molar-refractivity contribution in [2.45, 2.75) is 51.5 Å². The summed E-state index contributed by atoms with van der Waals surface area (Å²) in [5.74, 6) is 0. The molecule has 0 aliphatic carbocycles. The zero-order valence-corrected chi connectivity index (χ0v) is 10.7. The highest BCUT2D eigenvalue weighted by atomic mass is 35.5. The summed E-state index contributed by atoms with van der Waals surface area (Å²) in [6, 6.07) is 0. The first-order valence-corrected chi connectivity index (χ1v) is 5.88. The van der Waals surface area contributed by atoms with Gasteiger partial charge in [-0.25, -0.2) is 0 Å². The number of rotatable bonds is 7. The summed E-state index contributed by atoms with van der Waals surface area (Å²) in [6.07, 6.45) is 2.23. The summed E-state index contributed by atoms with van der Waals surface area (Å²) in [4.78, 5) is 0. The minimum atomic E-state index is -0.0362. The third-order valence-corrected chi connectivity index (χ3v) is 2.15. The van der Waals surface area contributed by atoms with Crippen molar-refractivity contribution in [3.63, 3.8) is 0 Å². The Bertz CT molecular complexity index is 134. The van der Waals surface area contributed by atoms with Crippen molar-refractivity contribution in [1.29, 1.82) is 0 Å². The lowest BCUT2D eigenvalue weighted by atomic mass is 10.2. The minimum Gasteiger partial charge on any atom is -0.375 e. The SMILES string of the molecule is CCCC(Cl)CNCCOC(C)(C)C. The Balaban J connectivity index is 3.21. The average molecular weight is 222 g/mol. The van der Waals surface area contributed by atoms with E-state index < -0.39 is 0 Å². The molecule has 0 saturated carbocycles. The molecule has 0 aliphatic rings. The molecule has 0 heterocycles. The lowest BCUT2D eigenvalue weighted by Crippen LogP contribution is -2.30. The highest BCUT2D eigenvalue weighted by Crippen LogP contribution is 2.05. The van der Waals surface area contributed by atoms with Crippen LogP contribution in [0.1, 0.15) is 40.5 Å². The van der Waals surface area contributed by atoms with E-state index in [1.807, 2.05) is 0 Å². The minimum absolute atomic E-state index is 0.0362. The van der Waals surface area contributed by atoms with E-state index in [4.69, 9.17) is 16.3 Å². The molecule has 0 aromatic carbocycles. The largest absolute Gasteiger partial charge is 0.375 e. The van der Waals surface area contributed by atoms with Crippen LogP contribution in [-0.2, 0) is 4.74 Å². The molecule has 1 unspecified atom stereocenters. The van der Waals surface area contributed by atoms with E-state index in [1.165, 1.54) is 0 Å². The molecule has 1 N–H and O–H groups in total. The van der Waals surface area contributed by atoms with Crippen LogP contribution in [0.3, 0.4) is 0 Å². The standard InChI is InChI=1S/C11H24ClNO/c1-5-6-10(12)9-13-7-8-14-11(2,3)4/h10,13H,5-9H2,1-4H3. The van der Waals surface area contributed by atoms with Gasteiger partial charge in [0.15, 0.2) is 0 Å². The topological polar surface area (TPSA) is 21.3 Å². The molecule has 0 radical (unpaired) electrons. The first-order valence-electron chi connectivity index (χ1n) is 5.44. The average Bonchev–Trinajstić information content (AvgIpc) is 2.02. The van der Waals surface area contributed by atoms with E-state index in [-0.39, 0.29) is 11.0 Å². The Labute approximate surface area is 93.4 Å². The lowest BCUT2D eigenvalue weighted by Gasteiger charge is -2.19. The van der Waals surface area contributed by atoms with E-state index in [2.05, 4.69) is 33.0 Å². The summed E-state index contributed by atoms with van der Waals surface area (Å²) in [7, 11) is 0. The van der Waals surface area contributed by atoms with Gasteiger partial charge >= 0.3 is 0 Å². The van der Waals surface area contributed by atoms with Gasteiger partial charge in [-0.1, -0.05) is 13.3 Å². The number of nitrogens with one attached hydrogen (secondary N) is 1. The van der Waals surface area contributed by atoms with Gasteiger partial charge in [0.25, 0.3) is 0 Å². The molecule has 0 aromatic rings. The highest BCUT2D eigenvalue weighted by molar-refractivity contribution is 6.20. The third kappa shape index (κ3) is 10.3. The van der Waals surface area contributed by atoms with Crippen molar-refractivity contribution in [1.82, 2.24) is 5.32 Å². The number of hydrogen-bond acceptors (Lipinski definition) is 2. The molecule has 14 heavy (non-hydrogen) atoms. The van der Waals surface area contributed by atoms with Crippen LogP contribution >= 0.6 is 11.6 Å². The molecule has 0 aliphatic heterocycles. The summed E-state index contributed by atoms with van der Waals surface area (Å²) in [5.41, 5.74) is -0.0362. The van der Waals surface area contributed by atoms with Crippen LogP contribution < -0.4 is 5.32 Å². The zero-order valence-electron chi connectivity index (χ0n) is 9.90. The third-order valence-electron chi connectivity index (χ3n) is 1.78. The summed E-state index contributed by atoms with van der Waals surface area (Å²) in [6.45, 7) is 10.8. The van der Waals surface area contributed by atoms with E-state index in [0.717, 1.165) is 32.5 Å². The van der Waals surface area contributed by atoms with Gasteiger partial charge in [-0.3, -0.25) is 0 Å². The smallest absolute Gasteiger partial charge is 0.0599 e. The fraction of sp³-hybridized carbons (Fsp3) is 1.00. The van der Waals surface area contributed by atoms with Gasteiger partial charge < -0.3 is 10.1 Å². The van der Waals surface area contributed by atoms with Crippen molar-refractivity contribution in [3.05, 3.63) is 0 Å². The van der Waals surface area contributed by atoms with Crippen molar-refractivity contribution in [2.75, 3.05) is 19.7 Å². The molecular weight excluding hydrogens is 198 g/mol. The van der Waals surface area contributed by atoms with Crippen LogP contribution in [0.2, 0.25) is 0 Å². The Hall–Kier alpha value is 0.210. The maximum Gasteiger partial charge on any atom is 0.0599 e. The first kappa shape index (κ1) is 14.2. The zero-order chi connectivity index (χ0) is 11.0. The van der Waals surface area contributed by atoms with Gasteiger partial charge in [0.05, 0.1) is 12.2 Å². The summed E-state index contributed by atoms with van der Waals surface area (Å²) >= 11 is 6.05. The Morgan fingerprint density at radius 3 is 2.50 bits per heavy atom. The molecular formula is C11H24ClNO.